The van der Waals surface area contributed by atoms with Crippen molar-refractivity contribution in [2.24, 2.45) is 0 Å². The number of carbonyl (C=O) groups is 2. The van der Waals surface area contributed by atoms with Crippen molar-refractivity contribution < 1.29 is 23.1 Å². The molecule has 25 heavy (non-hydrogen) atoms. The molecular weight excluding hydrogens is 327 g/mol. The first-order chi connectivity index (χ1) is 12.0. The minimum atomic E-state index is -0.508. The van der Waals surface area contributed by atoms with E-state index in [0.717, 1.165) is 11.3 Å². The predicted molar refractivity (Wildman–Crippen MR) is 89.1 cm³/mol. The molecule has 0 aliphatic rings. The Morgan fingerprint density at radius 1 is 1.16 bits per heavy atom. The van der Waals surface area contributed by atoms with Crippen molar-refractivity contribution in [3.05, 3.63) is 59.3 Å². The number of benzene rings is 1. The van der Waals surface area contributed by atoms with Crippen LogP contribution >= 0.6 is 0 Å². The maximum atomic E-state index is 13.1. The highest BCUT2D eigenvalue weighted by atomic mass is 19.1. The fraction of sp³-hybridized carbons (Fsp3) is 0.333. The van der Waals surface area contributed by atoms with Crippen LogP contribution in [0.15, 0.2) is 40.8 Å². The lowest BCUT2D eigenvalue weighted by atomic mass is 10.2. The lowest BCUT2D eigenvalue weighted by Gasteiger charge is -2.22. The summed E-state index contributed by atoms with van der Waals surface area (Å²) in [5.74, 6) is 0.504. The first-order valence-electron chi connectivity index (χ1n) is 7.96. The molecule has 1 heterocycles. The van der Waals surface area contributed by atoms with Gasteiger partial charge < -0.3 is 19.4 Å². The summed E-state index contributed by atoms with van der Waals surface area (Å²) in [4.78, 5) is 25.3. The molecule has 2 amide bonds. The van der Waals surface area contributed by atoms with Gasteiger partial charge in [-0.3, -0.25) is 4.79 Å². The lowest BCUT2D eigenvalue weighted by molar-refractivity contribution is -0.141. The Balaban J connectivity index is 2.06. The molecule has 0 saturated carbocycles. The summed E-state index contributed by atoms with van der Waals surface area (Å²) in [7, 11) is 0. The second-order valence-electron chi connectivity index (χ2n) is 5.46. The van der Waals surface area contributed by atoms with Crippen LogP contribution in [0.1, 0.15) is 24.0 Å². The number of nitrogens with zero attached hydrogens (tertiary/aromatic N) is 1. The first-order valence-corrected chi connectivity index (χ1v) is 7.96. The molecular formula is C18H21FN2O4. The zero-order chi connectivity index (χ0) is 18.2. The Bertz CT molecular complexity index is 712. The maximum absolute atomic E-state index is 13.1. The van der Waals surface area contributed by atoms with Crippen LogP contribution in [0.3, 0.4) is 0 Å². The van der Waals surface area contributed by atoms with Gasteiger partial charge in [0, 0.05) is 6.54 Å². The summed E-state index contributed by atoms with van der Waals surface area (Å²) >= 11 is 0. The van der Waals surface area contributed by atoms with Crippen LogP contribution in [-0.4, -0.2) is 30.1 Å². The van der Waals surface area contributed by atoms with Gasteiger partial charge >= 0.3 is 12.0 Å². The van der Waals surface area contributed by atoms with Crippen molar-refractivity contribution in [2.75, 3.05) is 13.2 Å². The monoisotopic (exact) mass is 348 g/mol. The molecule has 0 radical (unpaired) electrons. The minimum Gasteiger partial charge on any atom is -0.465 e. The Hall–Kier alpha value is -2.83. The van der Waals surface area contributed by atoms with E-state index in [0.29, 0.717) is 5.76 Å². The van der Waals surface area contributed by atoms with E-state index >= 15 is 0 Å². The quantitative estimate of drug-likeness (QED) is 0.781. The second kappa shape index (κ2) is 8.86. The van der Waals surface area contributed by atoms with Gasteiger partial charge in [-0.05, 0) is 43.7 Å². The highest BCUT2D eigenvalue weighted by molar-refractivity contribution is 5.80. The fourth-order valence-electron chi connectivity index (χ4n) is 2.24. The van der Waals surface area contributed by atoms with Gasteiger partial charge in [-0.2, -0.15) is 0 Å². The summed E-state index contributed by atoms with van der Waals surface area (Å²) in [6.07, 6.45) is 0. The SMILES string of the molecule is CCOC(=O)CNC(=O)N(Cc1ccc(F)cc1)Cc1ccc(C)o1. The molecule has 134 valence electrons. The van der Waals surface area contributed by atoms with Gasteiger partial charge in [-0.1, -0.05) is 12.1 Å². The molecule has 7 heteroatoms. The largest absolute Gasteiger partial charge is 0.465 e. The average Bonchev–Trinajstić information content (AvgIpc) is 2.99. The van der Waals surface area contributed by atoms with Gasteiger partial charge in [-0.15, -0.1) is 0 Å². The molecule has 6 nitrogen and oxygen atoms in total. The Labute approximate surface area is 145 Å². The van der Waals surface area contributed by atoms with E-state index in [4.69, 9.17) is 9.15 Å². The number of nitrogens with one attached hydrogen (secondary N) is 1. The molecule has 1 aromatic heterocycles. The molecule has 0 bridgehead atoms. The van der Waals surface area contributed by atoms with E-state index in [1.54, 1.807) is 25.1 Å². The highest BCUT2D eigenvalue weighted by Crippen LogP contribution is 2.13. The molecule has 0 aliphatic heterocycles. The topological polar surface area (TPSA) is 71.8 Å². The molecule has 0 atom stereocenters. The van der Waals surface area contributed by atoms with Gasteiger partial charge in [0.1, 0.15) is 23.9 Å². The van der Waals surface area contributed by atoms with Crippen molar-refractivity contribution in [3.8, 4) is 0 Å². The van der Waals surface area contributed by atoms with Crippen LogP contribution in [0.4, 0.5) is 9.18 Å². The van der Waals surface area contributed by atoms with Crippen LogP contribution in [-0.2, 0) is 22.6 Å². The molecule has 0 unspecified atom stereocenters. The lowest BCUT2D eigenvalue weighted by Crippen LogP contribution is -2.41. The number of halogens is 1. The molecule has 0 fully saturated rings. The van der Waals surface area contributed by atoms with E-state index in [-0.39, 0.29) is 32.1 Å². The highest BCUT2D eigenvalue weighted by Gasteiger charge is 2.17. The molecule has 0 spiro atoms. The van der Waals surface area contributed by atoms with E-state index < -0.39 is 12.0 Å². The summed E-state index contributed by atoms with van der Waals surface area (Å²) in [5.41, 5.74) is 0.760. The van der Waals surface area contributed by atoms with Crippen molar-refractivity contribution in [1.82, 2.24) is 10.2 Å². The van der Waals surface area contributed by atoms with Crippen molar-refractivity contribution in [3.63, 3.8) is 0 Å². The van der Waals surface area contributed by atoms with Crippen LogP contribution in [0.5, 0.6) is 0 Å². The van der Waals surface area contributed by atoms with Crippen LogP contribution < -0.4 is 5.32 Å². The van der Waals surface area contributed by atoms with Crippen LogP contribution in [0.25, 0.3) is 0 Å². The zero-order valence-electron chi connectivity index (χ0n) is 14.3. The number of hydrogen-bond donors (Lipinski definition) is 1. The maximum Gasteiger partial charge on any atom is 0.325 e. The van der Waals surface area contributed by atoms with Gasteiger partial charge in [0.2, 0.25) is 0 Å². The minimum absolute atomic E-state index is 0.218. The molecule has 1 aromatic carbocycles. The summed E-state index contributed by atoms with van der Waals surface area (Å²) in [6, 6.07) is 9.03. The molecule has 0 aliphatic carbocycles. The number of esters is 1. The number of urea groups is 1. The van der Waals surface area contributed by atoms with E-state index in [2.05, 4.69) is 5.32 Å². The third kappa shape index (κ3) is 5.95. The van der Waals surface area contributed by atoms with E-state index in [1.165, 1.54) is 17.0 Å². The number of rotatable bonds is 7. The van der Waals surface area contributed by atoms with Crippen molar-refractivity contribution >= 4 is 12.0 Å². The molecule has 1 N–H and O–H groups in total. The molecule has 2 aromatic rings. The predicted octanol–water partition coefficient (Wildman–Crippen LogP) is 3.00. The van der Waals surface area contributed by atoms with Gasteiger partial charge in [-0.25, -0.2) is 9.18 Å². The Morgan fingerprint density at radius 3 is 2.48 bits per heavy atom. The third-order valence-corrected chi connectivity index (χ3v) is 3.41. The smallest absolute Gasteiger partial charge is 0.325 e. The number of carbonyl (C=O) groups excluding carboxylic acids is 2. The van der Waals surface area contributed by atoms with E-state index in [1.807, 2.05) is 13.0 Å². The van der Waals surface area contributed by atoms with Gasteiger partial charge in [0.05, 0.1) is 13.2 Å². The average molecular weight is 348 g/mol. The van der Waals surface area contributed by atoms with Crippen LogP contribution in [0, 0.1) is 12.7 Å². The van der Waals surface area contributed by atoms with Gasteiger partial charge in [0.15, 0.2) is 0 Å². The number of hydrogen-bond acceptors (Lipinski definition) is 4. The molecule has 2 rings (SSSR count). The first kappa shape index (κ1) is 18.5. The number of aryl methyl sites for hydroxylation is 1. The van der Waals surface area contributed by atoms with Gasteiger partial charge in [0.25, 0.3) is 0 Å². The van der Waals surface area contributed by atoms with Crippen molar-refractivity contribution in [1.29, 1.82) is 0 Å². The normalized spacial score (nSPS) is 10.4. The number of furan rings is 1. The Morgan fingerprint density at radius 2 is 1.88 bits per heavy atom. The summed E-state index contributed by atoms with van der Waals surface area (Å²) in [5, 5.41) is 2.52. The van der Waals surface area contributed by atoms with E-state index in [9.17, 15) is 14.0 Å². The third-order valence-electron chi connectivity index (χ3n) is 3.41. The summed E-state index contributed by atoms with van der Waals surface area (Å²) < 4.78 is 23.4. The van der Waals surface area contributed by atoms with Crippen LogP contribution in [0.2, 0.25) is 0 Å². The Kier molecular flexibility index (Phi) is 6.56. The fourth-order valence-corrected chi connectivity index (χ4v) is 2.24. The molecule has 0 saturated heterocycles. The zero-order valence-corrected chi connectivity index (χ0v) is 14.3. The standard InChI is InChI=1S/C18H21FN2O4/c1-3-24-17(22)10-20-18(23)21(12-16-9-4-13(2)25-16)11-14-5-7-15(19)8-6-14/h4-9H,3,10-12H2,1-2H3,(H,20,23). The second-order valence-corrected chi connectivity index (χ2v) is 5.46. The number of ether oxygens (including phenoxy) is 1. The number of amides is 2. The summed E-state index contributed by atoms with van der Waals surface area (Å²) in [6.45, 7) is 4.01. The van der Waals surface area contributed by atoms with Crippen molar-refractivity contribution in [2.45, 2.75) is 26.9 Å².